The first-order valence-corrected chi connectivity index (χ1v) is 13.9. The molecule has 0 nitrogen and oxygen atoms in total. The topological polar surface area (TPSA) is 0 Å². The molecule has 1 unspecified atom stereocenters. The van der Waals surface area contributed by atoms with Crippen molar-refractivity contribution in [2.75, 3.05) is 0 Å². The van der Waals surface area contributed by atoms with Crippen LogP contribution in [0.25, 0.3) is 0 Å². The van der Waals surface area contributed by atoms with E-state index in [9.17, 15) is 0 Å². The van der Waals surface area contributed by atoms with E-state index in [1.807, 2.05) is 0 Å². The van der Waals surface area contributed by atoms with Crippen molar-refractivity contribution in [3.8, 4) is 11.8 Å². The van der Waals surface area contributed by atoms with Gasteiger partial charge in [-0.25, -0.2) is 0 Å². The summed E-state index contributed by atoms with van der Waals surface area (Å²) in [5.74, 6) is 7.71. The van der Waals surface area contributed by atoms with E-state index < -0.39 is 0 Å². The standard InChI is InChI=1S/C30H56/c1-4-7-10-12-13-14-15-16-17-18-19-20-21-22-24-26-29-30(27-9-6-3)28-25-23-11-8-5-2/h30H,1-2,4-13,16-29H2,3H3. The van der Waals surface area contributed by atoms with Gasteiger partial charge in [-0.2, -0.15) is 0 Å². The van der Waals surface area contributed by atoms with Crippen LogP contribution in [0.1, 0.15) is 161 Å². The smallest absolute Gasteiger partial charge is 0.00886 e. The Hall–Kier alpha value is -0.440. The number of rotatable bonds is 23. The molecule has 0 aromatic carbocycles. The van der Waals surface area contributed by atoms with E-state index in [1.165, 1.54) is 128 Å². The van der Waals surface area contributed by atoms with Gasteiger partial charge in [-0.05, 0) is 18.8 Å². The summed E-state index contributed by atoms with van der Waals surface area (Å²) in [6.45, 7) is 10.2. The van der Waals surface area contributed by atoms with E-state index in [-0.39, 0.29) is 0 Å². The summed E-state index contributed by atoms with van der Waals surface area (Å²) in [7, 11) is 0. The Balaban J connectivity index is 3.46. The van der Waals surface area contributed by atoms with Gasteiger partial charge in [-0.3, -0.25) is 0 Å². The number of hydrogen-bond acceptors (Lipinski definition) is 0. The Kier molecular flexibility index (Phi) is 26.2. The molecule has 0 aromatic heterocycles. The maximum absolute atomic E-state index is 3.96. The molecule has 2 radical (unpaired) electrons. The number of unbranched alkanes of at least 4 members (excludes halogenated alkanes) is 17. The molecule has 0 fully saturated rings. The summed E-state index contributed by atoms with van der Waals surface area (Å²) >= 11 is 0. The van der Waals surface area contributed by atoms with E-state index in [4.69, 9.17) is 0 Å². The molecule has 0 heterocycles. The maximum Gasteiger partial charge on any atom is 0.00886 e. The zero-order valence-electron chi connectivity index (χ0n) is 21.0. The second-order valence-electron chi connectivity index (χ2n) is 9.45. The molecule has 0 bridgehead atoms. The minimum absolute atomic E-state index is 1.01. The Bertz CT molecular complexity index is 358. The molecule has 0 spiro atoms. The van der Waals surface area contributed by atoms with Crippen LogP contribution in [-0.2, 0) is 0 Å². The summed E-state index contributed by atoms with van der Waals surface area (Å²) < 4.78 is 0. The van der Waals surface area contributed by atoms with Gasteiger partial charge in [-0.15, -0.1) is 11.8 Å². The molecule has 0 aliphatic rings. The molecule has 0 saturated carbocycles. The van der Waals surface area contributed by atoms with Gasteiger partial charge in [0.05, 0.1) is 0 Å². The first-order valence-electron chi connectivity index (χ1n) is 13.9. The molecule has 0 rings (SSSR count). The Morgan fingerprint density at radius 1 is 0.467 bits per heavy atom. The lowest BCUT2D eigenvalue weighted by Gasteiger charge is -2.16. The van der Waals surface area contributed by atoms with E-state index in [2.05, 4.69) is 32.6 Å². The third-order valence-corrected chi connectivity index (χ3v) is 6.42. The van der Waals surface area contributed by atoms with Crippen LogP contribution >= 0.6 is 0 Å². The quantitative estimate of drug-likeness (QED) is 0.115. The minimum atomic E-state index is 1.01. The molecule has 0 N–H and O–H groups in total. The first-order chi connectivity index (χ1) is 14.8. The van der Waals surface area contributed by atoms with Crippen molar-refractivity contribution in [2.24, 2.45) is 5.92 Å². The second kappa shape index (κ2) is 26.6. The van der Waals surface area contributed by atoms with Crippen molar-refractivity contribution in [1.82, 2.24) is 0 Å². The molecule has 30 heavy (non-hydrogen) atoms. The molecule has 1 atom stereocenters. The van der Waals surface area contributed by atoms with Crippen molar-refractivity contribution < 1.29 is 0 Å². The van der Waals surface area contributed by atoms with Crippen molar-refractivity contribution in [3.63, 3.8) is 0 Å². The molecule has 0 amide bonds. The minimum Gasteiger partial charge on any atom is -0.103 e. The average Bonchev–Trinajstić information content (AvgIpc) is 2.76. The zero-order chi connectivity index (χ0) is 22.0. The lowest BCUT2D eigenvalue weighted by atomic mass is 9.90. The van der Waals surface area contributed by atoms with E-state index in [1.54, 1.807) is 0 Å². The highest BCUT2D eigenvalue weighted by molar-refractivity contribution is 4.98. The lowest BCUT2D eigenvalue weighted by Crippen LogP contribution is -2.01. The monoisotopic (exact) mass is 416 g/mol. The molecule has 0 saturated heterocycles. The average molecular weight is 417 g/mol. The van der Waals surface area contributed by atoms with Gasteiger partial charge in [0.15, 0.2) is 0 Å². The van der Waals surface area contributed by atoms with Gasteiger partial charge in [-0.1, -0.05) is 149 Å². The fraction of sp³-hybridized carbons (Fsp3) is 0.867. The van der Waals surface area contributed by atoms with Crippen molar-refractivity contribution in [1.29, 1.82) is 0 Å². The zero-order valence-corrected chi connectivity index (χ0v) is 21.0. The van der Waals surface area contributed by atoms with Crippen molar-refractivity contribution in [2.45, 2.75) is 161 Å². The van der Waals surface area contributed by atoms with Gasteiger partial charge in [0, 0.05) is 12.8 Å². The number of hydrogen-bond donors (Lipinski definition) is 0. The Labute approximate surface area is 192 Å². The molecule has 0 aliphatic heterocycles. The van der Waals surface area contributed by atoms with Gasteiger partial charge < -0.3 is 0 Å². The van der Waals surface area contributed by atoms with Gasteiger partial charge >= 0.3 is 0 Å². The molecule has 176 valence electrons. The van der Waals surface area contributed by atoms with Gasteiger partial charge in [0.1, 0.15) is 0 Å². The van der Waals surface area contributed by atoms with Crippen LogP contribution < -0.4 is 0 Å². The maximum atomic E-state index is 3.96. The van der Waals surface area contributed by atoms with Crippen LogP contribution in [0.15, 0.2) is 0 Å². The second-order valence-corrected chi connectivity index (χ2v) is 9.45. The van der Waals surface area contributed by atoms with Crippen LogP contribution in [0.5, 0.6) is 0 Å². The third-order valence-electron chi connectivity index (χ3n) is 6.42. The predicted molar refractivity (Wildman–Crippen MR) is 138 cm³/mol. The molecule has 0 aromatic rings. The largest absolute Gasteiger partial charge is 0.103 e. The van der Waals surface area contributed by atoms with Gasteiger partial charge in [0.2, 0.25) is 0 Å². The van der Waals surface area contributed by atoms with E-state index in [0.717, 1.165) is 31.6 Å². The van der Waals surface area contributed by atoms with Gasteiger partial charge in [0.25, 0.3) is 0 Å². The highest BCUT2D eigenvalue weighted by Gasteiger charge is 2.08. The third kappa shape index (κ3) is 23.8. The van der Waals surface area contributed by atoms with Crippen LogP contribution in [0.3, 0.4) is 0 Å². The van der Waals surface area contributed by atoms with Crippen LogP contribution in [0, 0.1) is 31.6 Å². The predicted octanol–water partition coefficient (Wildman–Crippen LogP) is 10.7. The molecule has 0 aliphatic carbocycles. The Morgan fingerprint density at radius 3 is 1.30 bits per heavy atom. The Morgan fingerprint density at radius 2 is 0.833 bits per heavy atom. The SMILES string of the molecule is [CH2]CCCCCC#CCCCCCCCCCCC(CCCC)CCCCCC[CH2]. The first kappa shape index (κ1) is 29.6. The summed E-state index contributed by atoms with van der Waals surface area (Å²) in [4.78, 5) is 0. The lowest BCUT2D eigenvalue weighted by molar-refractivity contribution is 0.371. The fourth-order valence-electron chi connectivity index (χ4n) is 4.34. The molecular weight excluding hydrogens is 360 g/mol. The highest BCUT2D eigenvalue weighted by atomic mass is 14.1. The van der Waals surface area contributed by atoms with Crippen molar-refractivity contribution >= 4 is 0 Å². The highest BCUT2D eigenvalue weighted by Crippen LogP contribution is 2.24. The fourth-order valence-corrected chi connectivity index (χ4v) is 4.34. The summed E-state index contributed by atoms with van der Waals surface area (Å²) in [5.41, 5.74) is 0. The molecular formula is C30H56. The molecule has 0 heteroatoms. The summed E-state index contributed by atoms with van der Waals surface area (Å²) in [5, 5.41) is 0. The van der Waals surface area contributed by atoms with Crippen molar-refractivity contribution in [3.05, 3.63) is 13.8 Å². The van der Waals surface area contributed by atoms with E-state index >= 15 is 0 Å². The normalized spacial score (nSPS) is 12.0. The summed E-state index contributed by atoms with van der Waals surface area (Å²) in [6.07, 6.45) is 32.4. The van der Waals surface area contributed by atoms with Crippen LogP contribution in [0.2, 0.25) is 0 Å². The summed E-state index contributed by atoms with van der Waals surface area (Å²) in [6, 6.07) is 0. The van der Waals surface area contributed by atoms with E-state index in [0.29, 0.717) is 0 Å². The van der Waals surface area contributed by atoms with Crippen LogP contribution in [0.4, 0.5) is 0 Å². The van der Waals surface area contributed by atoms with Crippen LogP contribution in [-0.4, -0.2) is 0 Å².